The van der Waals surface area contributed by atoms with Crippen LogP contribution in [0.1, 0.15) is 35.7 Å². The molecule has 148 valence electrons. The van der Waals surface area contributed by atoms with E-state index in [4.69, 9.17) is 0 Å². The second-order valence-corrected chi connectivity index (χ2v) is 8.02. The molecule has 28 heavy (non-hydrogen) atoms. The number of nitrogens with zero attached hydrogens (tertiary/aromatic N) is 5. The quantitative estimate of drug-likeness (QED) is 0.818. The highest BCUT2D eigenvalue weighted by Gasteiger charge is 2.23. The first kappa shape index (κ1) is 18.9. The summed E-state index contributed by atoms with van der Waals surface area (Å²) in [7, 11) is 0. The molecule has 1 amide bonds. The van der Waals surface area contributed by atoms with Gasteiger partial charge in [-0.2, -0.15) is 0 Å². The third-order valence-electron chi connectivity index (χ3n) is 5.73. The lowest BCUT2D eigenvalue weighted by Gasteiger charge is -2.34. The van der Waals surface area contributed by atoms with Gasteiger partial charge in [0.1, 0.15) is 0 Å². The molecule has 0 N–H and O–H groups in total. The van der Waals surface area contributed by atoms with Gasteiger partial charge in [-0.15, -0.1) is 0 Å². The van der Waals surface area contributed by atoms with E-state index >= 15 is 0 Å². The molecule has 1 unspecified atom stereocenters. The van der Waals surface area contributed by atoms with Crippen LogP contribution in [0.2, 0.25) is 0 Å². The van der Waals surface area contributed by atoms with E-state index in [-0.39, 0.29) is 5.91 Å². The van der Waals surface area contributed by atoms with Crippen LogP contribution in [0.5, 0.6) is 0 Å². The van der Waals surface area contributed by atoms with E-state index in [1.165, 1.54) is 12.0 Å². The summed E-state index contributed by atoms with van der Waals surface area (Å²) < 4.78 is 0. The minimum atomic E-state index is 0.0609. The van der Waals surface area contributed by atoms with Crippen molar-refractivity contribution in [2.75, 3.05) is 44.2 Å². The third kappa shape index (κ3) is 4.50. The lowest BCUT2D eigenvalue weighted by atomic mass is 10.00. The van der Waals surface area contributed by atoms with Gasteiger partial charge in [0.25, 0.3) is 5.91 Å². The number of likely N-dealkylation sites (tertiary alicyclic amines) is 1. The lowest BCUT2D eigenvalue weighted by molar-refractivity contribution is 0.0682. The van der Waals surface area contributed by atoms with Crippen molar-refractivity contribution in [2.24, 2.45) is 5.92 Å². The maximum Gasteiger partial charge on any atom is 0.257 e. The van der Waals surface area contributed by atoms with E-state index in [0.717, 1.165) is 58.2 Å². The molecule has 1 atom stereocenters. The topological polar surface area (TPSA) is 52.6 Å². The Kier molecular flexibility index (Phi) is 5.86. The van der Waals surface area contributed by atoms with Crippen molar-refractivity contribution in [3.8, 4) is 0 Å². The molecule has 0 aliphatic carbocycles. The van der Waals surface area contributed by atoms with Crippen LogP contribution >= 0.6 is 0 Å². The zero-order valence-corrected chi connectivity index (χ0v) is 16.6. The highest BCUT2D eigenvalue weighted by Crippen LogP contribution is 2.18. The van der Waals surface area contributed by atoms with Gasteiger partial charge in [0, 0.05) is 58.2 Å². The first-order chi connectivity index (χ1) is 13.7. The van der Waals surface area contributed by atoms with E-state index in [1.807, 2.05) is 4.90 Å². The Labute approximate surface area is 167 Å². The van der Waals surface area contributed by atoms with Crippen LogP contribution in [0, 0.1) is 5.92 Å². The molecular weight excluding hydrogens is 350 g/mol. The molecule has 2 fully saturated rings. The number of aromatic nitrogens is 2. The van der Waals surface area contributed by atoms with E-state index in [1.54, 1.807) is 12.4 Å². The zero-order chi connectivity index (χ0) is 19.3. The van der Waals surface area contributed by atoms with Crippen molar-refractivity contribution in [2.45, 2.75) is 26.3 Å². The Morgan fingerprint density at radius 3 is 2.43 bits per heavy atom. The molecule has 0 bridgehead atoms. The van der Waals surface area contributed by atoms with Crippen molar-refractivity contribution in [3.05, 3.63) is 53.9 Å². The molecule has 2 aromatic rings. The SMILES string of the molecule is CC1CCCN(C(=O)c2cnc(N3CCN(Cc4ccccc4)CC3)nc2)C1. The summed E-state index contributed by atoms with van der Waals surface area (Å²) in [6, 6.07) is 10.6. The molecule has 0 radical (unpaired) electrons. The summed E-state index contributed by atoms with van der Waals surface area (Å²) in [6.45, 7) is 8.66. The van der Waals surface area contributed by atoms with Gasteiger partial charge in [-0.05, 0) is 24.3 Å². The molecule has 0 spiro atoms. The predicted octanol–water partition coefficient (Wildman–Crippen LogP) is 2.67. The van der Waals surface area contributed by atoms with Crippen LogP contribution in [0.3, 0.4) is 0 Å². The Hall–Kier alpha value is -2.47. The molecular formula is C22H29N5O. The van der Waals surface area contributed by atoms with Gasteiger partial charge >= 0.3 is 0 Å². The van der Waals surface area contributed by atoms with Crippen LogP contribution in [0.15, 0.2) is 42.7 Å². The fourth-order valence-electron chi connectivity index (χ4n) is 4.10. The fraction of sp³-hybridized carbons (Fsp3) is 0.500. The summed E-state index contributed by atoms with van der Waals surface area (Å²) in [5.41, 5.74) is 1.95. The Morgan fingerprint density at radius 2 is 1.75 bits per heavy atom. The summed E-state index contributed by atoms with van der Waals surface area (Å²) >= 11 is 0. The maximum absolute atomic E-state index is 12.7. The number of hydrogen-bond donors (Lipinski definition) is 0. The van der Waals surface area contributed by atoms with Crippen LogP contribution in [-0.2, 0) is 6.54 Å². The van der Waals surface area contributed by atoms with Gasteiger partial charge in [-0.25, -0.2) is 9.97 Å². The Balaban J connectivity index is 1.31. The number of hydrogen-bond acceptors (Lipinski definition) is 5. The van der Waals surface area contributed by atoms with Gasteiger partial charge in [-0.3, -0.25) is 9.69 Å². The van der Waals surface area contributed by atoms with Gasteiger partial charge in [-0.1, -0.05) is 37.3 Å². The minimum Gasteiger partial charge on any atom is -0.338 e. The average Bonchev–Trinajstić information content (AvgIpc) is 2.75. The lowest BCUT2D eigenvalue weighted by Crippen LogP contribution is -2.46. The highest BCUT2D eigenvalue weighted by atomic mass is 16.2. The number of amides is 1. The molecule has 3 heterocycles. The summed E-state index contributed by atoms with van der Waals surface area (Å²) in [5.74, 6) is 1.36. The normalized spacial score (nSPS) is 21.0. The van der Waals surface area contributed by atoms with E-state index in [2.05, 4.69) is 57.0 Å². The molecule has 6 nitrogen and oxygen atoms in total. The summed E-state index contributed by atoms with van der Waals surface area (Å²) in [5, 5.41) is 0. The number of anilines is 1. The summed E-state index contributed by atoms with van der Waals surface area (Å²) in [6.07, 6.45) is 5.68. The van der Waals surface area contributed by atoms with Gasteiger partial charge in [0.2, 0.25) is 5.95 Å². The predicted molar refractivity (Wildman–Crippen MR) is 110 cm³/mol. The zero-order valence-electron chi connectivity index (χ0n) is 16.6. The van der Waals surface area contributed by atoms with E-state index in [0.29, 0.717) is 11.5 Å². The van der Waals surface area contributed by atoms with Gasteiger partial charge < -0.3 is 9.80 Å². The Bertz CT molecular complexity index is 771. The van der Waals surface area contributed by atoms with Crippen molar-refractivity contribution in [1.29, 1.82) is 0 Å². The van der Waals surface area contributed by atoms with Crippen LogP contribution in [-0.4, -0.2) is 64.9 Å². The van der Waals surface area contributed by atoms with Crippen molar-refractivity contribution in [1.82, 2.24) is 19.8 Å². The average molecular weight is 380 g/mol. The number of benzene rings is 1. The summed E-state index contributed by atoms with van der Waals surface area (Å²) in [4.78, 5) is 28.3. The third-order valence-corrected chi connectivity index (χ3v) is 5.73. The first-order valence-electron chi connectivity index (χ1n) is 10.3. The van der Waals surface area contributed by atoms with Crippen molar-refractivity contribution in [3.63, 3.8) is 0 Å². The van der Waals surface area contributed by atoms with Crippen molar-refractivity contribution < 1.29 is 4.79 Å². The number of carbonyl (C=O) groups excluding carboxylic acids is 1. The molecule has 4 rings (SSSR count). The molecule has 2 saturated heterocycles. The number of piperidine rings is 1. The second kappa shape index (κ2) is 8.69. The molecule has 2 aliphatic heterocycles. The van der Waals surface area contributed by atoms with E-state index in [9.17, 15) is 4.79 Å². The molecule has 2 aliphatic rings. The van der Waals surface area contributed by atoms with Crippen LogP contribution < -0.4 is 4.90 Å². The first-order valence-corrected chi connectivity index (χ1v) is 10.3. The molecule has 1 aromatic carbocycles. The minimum absolute atomic E-state index is 0.0609. The highest BCUT2D eigenvalue weighted by molar-refractivity contribution is 5.93. The number of piperazine rings is 1. The molecule has 0 saturated carbocycles. The van der Waals surface area contributed by atoms with Crippen LogP contribution in [0.25, 0.3) is 0 Å². The monoisotopic (exact) mass is 379 g/mol. The Morgan fingerprint density at radius 1 is 1.04 bits per heavy atom. The fourth-order valence-corrected chi connectivity index (χ4v) is 4.10. The van der Waals surface area contributed by atoms with Crippen LogP contribution in [0.4, 0.5) is 5.95 Å². The van der Waals surface area contributed by atoms with Gasteiger partial charge in [0.15, 0.2) is 0 Å². The molecule has 6 heteroatoms. The van der Waals surface area contributed by atoms with Gasteiger partial charge in [0.05, 0.1) is 5.56 Å². The standard InChI is InChI=1S/C22H29N5O/c1-18-6-5-9-27(16-18)21(28)20-14-23-22(24-15-20)26-12-10-25(11-13-26)17-19-7-3-2-4-8-19/h2-4,7-8,14-15,18H,5-6,9-13,16-17H2,1H3. The smallest absolute Gasteiger partial charge is 0.257 e. The number of carbonyl (C=O) groups is 1. The van der Waals surface area contributed by atoms with Crippen molar-refractivity contribution >= 4 is 11.9 Å². The van der Waals surface area contributed by atoms with E-state index < -0.39 is 0 Å². The second-order valence-electron chi connectivity index (χ2n) is 8.02. The largest absolute Gasteiger partial charge is 0.338 e. The number of rotatable bonds is 4. The maximum atomic E-state index is 12.7. The molecule has 1 aromatic heterocycles.